The lowest BCUT2D eigenvalue weighted by molar-refractivity contribution is -0.117. The number of rotatable bonds is 6. The molecule has 1 heterocycles. The minimum atomic E-state index is 0.287. The van der Waals surface area contributed by atoms with Crippen LogP contribution < -0.4 is 0 Å². The monoisotopic (exact) mass is 284 g/mol. The van der Waals surface area contributed by atoms with Crippen molar-refractivity contribution in [2.45, 2.75) is 36.7 Å². The Morgan fingerprint density at radius 3 is 3.11 bits per heavy atom. The smallest absolute Gasteiger partial charge is 0.143 e. The molecular formula is C14H17ClO2S. The van der Waals surface area contributed by atoms with Crippen LogP contribution in [0.1, 0.15) is 25.7 Å². The largest absolute Gasteiger partial charge is 0.378 e. The highest BCUT2D eigenvalue weighted by atomic mass is 35.5. The standard InChI is InChI=1S/C14H17ClO2S/c15-11-3-1-5-14(9-11)18-10-12(16)6-7-13-4-2-8-17-13/h1,3,5,9,13H,2,4,6-8,10H2. The van der Waals surface area contributed by atoms with Gasteiger partial charge in [0.25, 0.3) is 0 Å². The number of thioether (sulfide) groups is 1. The SMILES string of the molecule is O=C(CCC1CCCO1)CSc1cccc(Cl)c1. The minimum absolute atomic E-state index is 0.287. The zero-order chi connectivity index (χ0) is 12.8. The molecule has 1 fully saturated rings. The average molecular weight is 285 g/mol. The number of carbonyl (C=O) groups excluding carboxylic acids is 1. The first-order valence-corrected chi connectivity index (χ1v) is 7.62. The molecule has 1 aromatic carbocycles. The van der Waals surface area contributed by atoms with Gasteiger partial charge in [0.15, 0.2) is 0 Å². The molecule has 0 spiro atoms. The number of halogens is 1. The van der Waals surface area contributed by atoms with Crippen LogP contribution in [0.2, 0.25) is 5.02 Å². The number of hydrogen-bond acceptors (Lipinski definition) is 3. The highest BCUT2D eigenvalue weighted by molar-refractivity contribution is 8.00. The van der Waals surface area contributed by atoms with Crippen LogP contribution in [0.5, 0.6) is 0 Å². The van der Waals surface area contributed by atoms with Crippen LogP contribution in [0.4, 0.5) is 0 Å². The van der Waals surface area contributed by atoms with E-state index in [4.69, 9.17) is 16.3 Å². The Hall–Kier alpha value is -0.510. The van der Waals surface area contributed by atoms with Crippen molar-refractivity contribution in [2.24, 2.45) is 0 Å². The van der Waals surface area contributed by atoms with E-state index in [0.29, 0.717) is 23.3 Å². The zero-order valence-corrected chi connectivity index (χ0v) is 11.8. The van der Waals surface area contributed by atoms with E-state index in [1.165, 1.54) is 0 Å². The normalized spacial score (nSPS) is 19.1. The lowest BCUT2D eigenvalue weighted by Crippen LogP contribution is -2.09. The van der Waals surface area contributed by atoms with Crippen LogP contribution in [0, 0.1) is 0 Å². The van der Waals surface area contributed by atoms with Crippen molar-refractivity contribution in [1.82, 2.24) is 0 Å². The molecule has 0 bridgehead atoms. The summed E-state index contributed by atoms with van der Waals surface area (Å²) in [4.78, 5) is 12.8. The highest BCUT2D eigenvalue weighted by Crippen LogP contribution is 2.23. The Kier molecular flexibility index (Phi) is 5.54. The number of ether oxygens (including phenoxy) is 1. The molecule has 4 heteroatoms. The Morgan fingerprint density at radius 1 is 1.50 bits per heavy atom. The summed E-state index contributed by atoms with van der Waals surface area (Å²) in [5.41, 5.74) is 0. The second-order valence-electron chi connectivity index (χ2n) is 4.46. The van der Waals surface area contributed by atoms with E-state index in [1.54, 1.807) is 11.8 Å². The number of Topliss-reactive ketones (excluding diaryl/α,β-unsaturated/α-hetero) is 1. The number of carbonyl (C=O) groups is 1. The van der Waals surface area contributed by atoms with Gasteiger partial charge in [0, 0.05) is 22.9 Å². The molecule has 2 rings (SSSR count). The van der Waals surface area contributed by atoms with Gasteiger partial charge >= 0.3 is 0 Å². The second-order valence-corrected chi connectivity index (χ2v) is 5.94. The predicted octanol–water partition coefficient (Wildman–Crippen LogP) is 3.96. The van der Waals surface area contributed by atoms with Crippen molar-refractivity contribution in [3.05, 3.63) is 29.3 Å². The summed E-state index contributed by atoms with van der Waals surface area (Å²) >= 11 is 7.44. The van der Waals surface area contributed by atoms with Gasteiger partial charge < -0.3 is 4.74 Å². The quantitative estimate of drug-likeness (QED) is 0.740. The maximum Gasteiger partial charge on any atom is 0.143 e. The van der Waals surface area contributed by atoms with Crippen LogP contribution in [-0.4, -0.2) is 24.2 Å². The van der Waals surface area contributed by atoms with Gasteiger partial charge in [-0.25, -0.2) is 0 Å². The molecule has 98 valence electrons. The fraction of sp³-hybridized carbons (Fsp3) is 0.500. The molecule has 0 N–H and O–H groups in total. The molecule has 1 unspecified atom stereocenters. The third-order valence-electron chi connectivity index (χ3n) is 2.97. The van der Waals surface area contributed by atoms with E-state index in [1.807, 2.05) is 24.3 Å². The Bertz CT molecular complexity index is 403. The van der Waals surface area contributed by atoms with Crippen molar-refractivity contribution in [1.29, 1.82) is 0 Å². The van der Waals surface area contributed by atoms with Crippen molar-refractivity contribution in [2.75, 3.05) is 12.4 Å². The highest BCUT2D eigenvalue weighted by Gasteiger charge is 2.16. The van der Waals surface area contributed by atoms with Gasteiger partial charge in [0.05, 0.1) is 11.9 Å². The summed E-state index contributed by atoms with van der Waals surface area (Å²) in [6.45, 7) is 0.857. The summed E-state index contributed by atoms with van der Waals surface area (Å²) < 4.78 is 5.51. The molecular weight excluding hydrogens is 268 g/mol. The third kappa shape index (κ3) is 4.63. The summed E-state index contributed by atoms with van der Waals surface area (Å²) in [5.74, 6) is 0.808. The summed E-state index contributed by atoms with van der Waals surface area (Å²) in [7, 11) is 0. The topological polar surface area (TPSA) is 26.3 Å². The maximum atomic E-state index is 11.7. The van der Waals surface area contributed by atoms with E-state index in [-0.39, 0.29) is 5.78 Å². The van der Waals surface area contributed by atoms with Gasteiger partial charge in [-0.3, -0.25) is 4.79 Å². The Balaban J connectivity index is 1.68. The molecule has 1 aliphatic rings. The van der Waals surface area contributed by atoms with Crippen molar-refractivity contribution in [3.63, 3.8) is 0 Å². The molecule has 0 amide bonds. The minimum Gasteiger partial charge on any atom is -0.378 e. The lowest BCUT2D eigenvalue weighted by atomic mass is 10.1. The molecule has 2 nitrogen and oxygen atoms in total. The zero-order valence-electron chi connectivity index (χ0n) is 10.2. The van der Waals surface area contributed by atoms with E-state index in [2.05, 4.69) is 0 Å². The predicted molar refractivity (Wildman–Crippen MR) is 75.4 cm³/mol. The Labute approximate surface area is 117 Å². The second kappa shape index (κ2) is 7.17. The van der Waals surface area contributed by atoms with E-state index < -0.39 is 0 Å². The third-order valence-corrected chi connectivity index (χ3v) is 4.25. The average Bonchev–Trinajstić information content (AvgIpc) is 2.87. The molecule has 0 aliphatic carbocycles. The molecule has 1 atom stereocenters. The number of benzene rings is 1. The summed E-state index contributed by atoms with van der Waals surface area (Å²) in [5, 5.41) is 0.715. The van der Waals surface area contributed by atoms with Crippen molar-refractivity contribution in [3.8, 4) is 0 Å². The van der Waals surface area contributed by atoms with Crippen molar-refractivity contribution < 1.29 is 9.53 Å². The first-order valence-electron chi connectivity index (χ1n) is 6.26. The van der Waals surface area contributed by atoms with Gasteiger partial charge in [-0.15, -0.1) is 11.8 Å². The molecule has 18 heavy (non-hydrogen) atoms. The Morgan fingerprint density at radius 2 is 2.39 bits per heavy atom. The van der Waals surface area contributed by atoms with Crippen LogP contribution in [0.3, 0.4) is 0 Å². The number of hydrogen-bond donors (Lipinski definition) is 0. The fourth-order valence-corrected chi connectivity index (χ4v) is 3.10. The fourth-order valence-electron chi connectivity index (χ4n) is 1.99. The molecule has 0 saturated carbocycles. The van der Waals surface area contributed by atoms with Crippen LogP contribution in [0.15, 0.2) is 29.2 Å². The summed E-state index contributed by atoms with van der Waals surface area (Å²) in [6.07, 6.45) is 4.04. The van der Waals surface area contributed by atoms with E-state index in [9.17, 15) is 4.79 Å². The summed E-state index contributed by atoms with van der Waals surface area (Å²) in [6, 6.07) is 7.61. The molecule has 0 aromatic heterocycles. The first kappa shape index (κ1) is 13.9. The van der Waals surface area contributed by atoms with Crippen LogP contribution in [-0.2, 0) is 9.53 Å². The maximum absolute atomic E-state index is 11.7. The van der Waals surface area contributed by atoms with Crippen molar-refractivity contribution >= 4 is 29.1 Å². The van der Waals surface area contributed by atoms with E-state index in [0.717, 1.165) is 30.8 Å². The van der Waals surface area contributed by atoms with Gasteiger partial charge in [-0.1, -0.05) is 17.7 Å². The van der Waals surface area contributed by atoms with E-state index >= 15 is 0 Å². The molecule has 1 saturated heterocycles. The molecule has 1 aliphatic heterocycles. The molecule has 0 radical (unpaired) electrons. The first-order chi connectivity index (χ1) is 8.74. The van der Waals surface area contributed by atoms with Gasteiger partial charge in [0.2, 0.25) is 0 Å². The lowest BCUT2D eigenvalue weighted by Gasteiger charge is -2.08. The van der Waals surface area contributed by atoms with Gasteiger partial charge in [0.1, 0.15) is 5.78 Å². The van der Waals surface area contributed by atoms with Gasteiger partial charge in [-0.2, -0.15) is 0 Å². The molecule has 1 aromatic rings. The van der Waals surface area contributed by atoms with Crippen LogP contribution >= 0.6 is 23.4 Å². The van der Waals surface area contributed by atoms with Gasteiger partial charge in [-0.05, 0) is 37.5 Å². The van der Waals surface area contributed by atoms with Crippen LogP contribution in [0.25, 0.3) is 0 Å². The number of ketones is 1.